The van der Waals surface area contributed by atoms with E-state index >= 15 is 0 Å². The van der Waals surface area contributed by atoms with E-state index in [2.05, 4.69) is 21.4 Å². The molecule has 0 spiro atoms. The SMILES string of the molecule is COc1cnc(C(O)c2cccc3c2NCC3)c(OC)n1. The molecule has 1 aromatic heterocycles. The van der Waals surface area contributed by atoms with Crippen molar-refractivity contribution in [3.8, 4) is 11.8 Å². The van der Waals surface area contributed by atoms with Crippen LogP contribution in [0.5, 0.6) is 11.8 Å². The second kappa shape index (κ2) is 5.57. The zero-order chi connectivity index (χ0) is 14.8. The molecule has 0 bridgehead atoms. The molecule has 1 atom stereocenters. The van der Waals surface area contributed by atoms with E-state index < -0.39 is 6.10 Å². The van der Waals surface area contributed by atoms with E-state index in [0.29, 0.717) is 11.6 Å². The third kappa shape index (κ3) is 2.38. The lowest BCUT2D eigenvalue weighted by Gasteiger charge is -2.17. The van der Waals surface area contributed by atoms with Crippen molar-refractivity contribution in [2.75, 3.05) is 26.1 Å². The number of fused-ring (bicyclic) bond motifs is 1. The van der Waals surface area contributed by atoms with Crippen molar-refractivity contribution in [2.24, 2.45) is 0 Å². The van der Waals surface area contributed by atoms with Gasteiger partial charge in [-0.05, 0) is 12.0 Å². The van der Waals surface area contributed by atoms with Crippen molar-refractivity contribution in [1.29, 1.82) is 0 Å². The van der Waals surface area contributed by atoms with Gasteiger partial charge in [-0.25, -0.2) is 4.98 Å². The number of anilines is 1. The van der Waals surface area contributed by atoms with Gasteiger partial charge in [-0.15, -0.1) is 0 Å². The number of nitrogens with zero attached hydrogens (tertiary/aromatic N) is 2. The highest BCUT2D eigenvalue weighted by Gasteiger charge is 2.24. The van der Waals surface area contributed by atoms with E-state index in [-0.39, 0.29) is 5.88 Å². The van der Waals surface area contributed by atoms with Gasteiger partial charge in [0.2, 0.25) is 11.8 Å². The molecule has 0 radical (unpaired) electrons. The molecule has 3 rings (SSSR count). The topological polar surface area (TPSA) is 76.5 Å². The summed E-state index contributed by atoms with van der Waals surface area (Å²) in [5.74, 6) is 0.608. The maximum atomic E-state index is 10.7. The predicted octanol–water partition coefficient (Wildman–Crippen LogP) is 1.54. The van der Waals surface area contributed by atoms with E-state index in [0.717, 1.165) is 24.2 Å². The maximum absolute atomic E-state index is 10.7. The average molecular weight is 287 g/mol. The molecule has 2 heterocycles. The summed E-state index contributed by atoms with van der Waals surface area (Å²) in [6.07, 6.45) is 1.53. The minimum absolute atomic E-state index is 0.262. The van der Waals surface area contributed by atoms with Crippen molar-refractivity contribution >= 4 is 5.69 Å². The summed E-state index contributed by atoms with van der Waals surface area (Å²) >= 11 is 0. The standard InChI is InChI=1S/C15H17N3O3/c1-20-11-8-17-13(15(18-11)21-2)14(19)10-5-3-4-9-6-7-16-12(9)10/h3-5,8,14,16,19H,6-7H2,1-2H3. The molecule has 0 saturated carbocycles. The van der Waals surface area contributed by atoms with Gasteiger partial charge in [0.1, 0.15) is 11.8 Å². The fourth-order valence-corrected chi connectivity index (χ4v) is 2.54. The Bertz CT molecular complexity index is 661. The minimum Gasteiger partial charge on any atom is -0.480 e. The predicted molar refractivity (Wildman–Crippen MR) is 77.8 cm³/mol. The fraction of sp³-hybridized carbons (Fsp3) is 0.333. The number of benzene rings is 1. The highest BCUT2D eigenvalue weighted by atomic mass is 16.5. The van der Waals surface area contributed by atoms with Crippen LogP contribution in [0.15, 0.2) is 24.4 Å². The number of nitrogens with one attached hydrogen (secondary N) is 1. The highest BCUT2D eigenvalue weighted by Crippen LogP contribution is 2.35. The van der Waals surface area contributed by atoms with Gasteiger partial charge in [0.25, 0.3) is 0 Å². The van der Waals surface area contributed by atoms with Crippen LogP contribution in [0.2, 0.25) is 0 Å². The number of hydrogen-bond acceptors (Lipinski definition) is 6. The molecule has 2 N–H and O–H groups in total. The van der Waals surface area contributed by atoms with Crippen molar-refractivity contribution < 1.29 is 14.6 Å². The molecule has 0 aliphatic carbocycles. The molecule has 6 nitrogen and oxygen atoms in total. The van der Waals surface area contributed by atoms with Gasteiger partial charge in [-0.1, -0.05) is 18.2 Å². The van der Waals surface area contributed by atoms with Gasteiger partial charge >= 0.3 is 0 Å². The number of para-hydroxylation sites is 1. The van der Waals surface area contributed by atoms with Crippen molar-refractivity contribution in [3.63, 3.8) is 0 Å². The van der Waals surface area contributed by atoms with Crippen LogP contribution in [0.25, 0.3) is 0 Å². The van der Waals surface area contributed by atoms with E-state index in [1.54, 1.807) is 0 Å². The summed E-state index contributed by atoms with van der Waals surface area (Å²) in [6.45, 7) is 0.879. The fourth-order valence-electron chi connectivity index (χ4n) is 2.54. The second-order valence-electron chi connectivity index (χ2n) is 4.77. The normalized spacial score (nSPS) is 14.2. The van der Waals surface area contributed by atoms with Gasteiger partial charge < -0.3 is 19.9 Å². The molecular weight excluding hydrogens is 270 g/mol. The number of rotatable bonds is 4. The second-order valence-corrected chi connectivity index (χ2v) is 4.77. The van der Waals surface area contributed by atoms with E-state index in [9.17, 15) is 5.11 Å². The molecule has 1 unspecified atom stereocenters. The van der Waals surface area contributed by atoms with Gasteiger partial charge in [-0.3, -0.25) is 0 Å². The van der Waals surface area contributed by atoms with Gasteiger partial charge in [-0.2, -0.15) is 4.98 Å². The molecule has 0 amide bonds. The first-order valence-corrected chi connectivity index (χ1v) is 6.73. The van der Waals surface area contributed by atoms with Crippen LogP contribution in [0.3, 0.4) is 0 Å². The maximum Gasteiger partial charge on any atom is 0.241 e. The van der Waals surface area contributed by atoms with Crippen molar-refractivity contribution in [3.05, 3.63) is 41.2 Å². The monoisotopic (exact) mass is 287 g/mol. The van der Waals surface area contributed by atoms with E-state index in [1.807, 2.05) is 12.1 Å². The van der Waals surface area contributed by atoms with Gasteiger partial charge in [0.15, 0.2) is 0 Å². The molecule has 1 aliphatic rings. The van der Waals surface area contributed by atoms with Crippen LogP contribution in [0, 0.1) is 0 Å². The van der Waals surface area contributed by atoms with Crippen LogP contribution < -0.4 is 14.8 Å². The number of aliphatic hydroxyl groups excluding tert-OH is 1. The molecule has 2 aromatic rings. The summed E-state index contributed by atoms with van der Waals surface area (Å²) in [5.41, 5.74) is 3.33. The minimum atomic E-state index is -0.904. The smallest absolute Gasteiger partial charge is 0.241 e. The summed E-state index contributed by atoms with van der Waals surface area (Å²) in [5, 5.41) is 14.0. The first-order valence-electron chi connectivity index (χ1n) is 6.73. The number of ether oxygens (including phenoxy) is 2. The van der Waals surface area contributed by atoms with E-state index in [4.69, 9.17) is 9.47 Å². The van der Waals surface area contributed by atoms with Crippen molar-refractivity contribution in [2.45, 2.75) is 12.5 Å². The molecule has 1 aliphatic heterocycles. The molecule has 6 heteroatoms. The Balaban J connectivity index is 2.03. The Hall–Kier alpha value is -2.34. The Morgan fingerprint density at radius 3 is 2.90 bits per heavy atom. The Labute approximate surface area is 122 Å². The largest absolute Gasteiger partial charge is 0.480 e. The lowest BCUT2D eigenvalue weighted by molar-refractivity contribution is 0.207. The number of hydrogen-bond donors (Lipinski definition) is 2. The summed E-state index contributed by atoms with van der Waals surface area (Å²) in [7, 11) is 3.00. The summed E-state index contributed by atoms with van der Waals surface area (Å²) in [6, 6.07) is 5.88. The Morgan fingerprint density at radius 1 is 1.29 bits per heavy atom. The lowest BCUT2D eigenvalue weighted by Crippen LogP contribution is -2.09. The zero-order valence-corrected chi connectivity index (χ0v) is 12.0. The number of aliphatic hydroxyl groups is 1. The highest BCUT2D eigenvalue weighted by molar-refractivity contribution is 5.63. The Kier molecular flexibility index (Phi) is 3.62. The third-order valence-electron chi connectivity index (χ3n) is 3.58. The van der Waals surface area contributed by atoms with Crippen LogP contribution in [0.1, 0.15) is 22.9 Å². The average Bonchev–Trinajstić information content (AvgIpc) is 3.02. The molecule has 0 saturated heterocycles. The van der Waals surface area contributed by atoms with E-state index in [1.165, 1.54) is 26.0 Å². The van der Waals surface area contributed by atoms with Gasteiger partial charge in [0.05, 0.1) is 20.4 Å². The Morgan fingerprint density at radius 2 is 2.14 bits per heavy atom. The molecular formula is C15H17N3O3. The first-order chi connectivity index (χ1) is 10.2. The first kappa shape index (κ1) is 13.6. The third-order valence-corrected chi connectivity index (χ3v) is 3.58. The molecule has 0 fully saturated rings. The molecule has 1 aromatic carbocycles. The number of aromatic nitrogens is 2. The van der Waals surface area contributed by atoms with Crippen LogP contribution >= 0.6 is 0 Å². The lowest BCUT2D eigenvalue weighted by atomic mass is 10.0. The van der Waals surface area contributed by atoms with Gasteiger partial charge in [0, 0.05) is 17.8 Å². The van der Waals surface area contributed by atoms with Crippen LogP contribution in [-0.2, 0) is 6.42 Å². The van der Waals surface area contributed by atoms with Crippen molar-refractivity contribution in [1.82, 2.24) is 9.97 Å². The molecule has 110 valence electrons. The molecule has 21 heavy (non-hydrogen) atoms. The van der Waals surface area contributed by atoms with Crippen LogP contribution in [0.4, 0.5) is 5.69 Å². The number of methoxy groups -OCH3 is 2. The zero-order valence-electron chi connectivity index (χ0n) is 12.0. The van der Waals surface area contributed by atoms with Crippen LogP contribution in [-0.4, -0.2) is 35.8 Å². The summed E-state index contributed by atoms with van der Waals surface area (Å²) < 4.78 is 10.2. The quantitative estimate of drug-likeness (QED) is 0.888. The summed E-state index contributed by atoms with van der Waals surface area (Å²) in [4.78, 5) is 8.39.